The predicted molar refractivity (Wildman–Crippen MR) is 65.9 cm³/mol. The number of aliphatic hydroxyl groups excluding tert-OH is 1. The average Bonchev–Trinajstić information content (AvgIpc) is 2.24. The minimum atomic E-state index is 0.236. The van der Waals surface area contributed by atoms with Crippen molar-refractivity contribution in [3.8, 4) is 0 Å². The standard InChI is InChI=1S/C12H28N2O/c1-4-7-12(3,10-13)11-14(5-2)8-6-9-15/h15H,4-11,13H2,1-3H3. The van der Waals surface area contributed by atoms with E-state index in [1.54, 1.807) is 0 Å². The molecule has 0 rings (SSSR count). The number of hydrogen-bond donors (Lipinski definition) is 2. The Balaban J connectivity index is 4.09. The molecule has 0 aliphatic carbocycles. The first kappa shape index (κ1) is 14.9. The Hall–Kier alpha value is -0.120. The topological polar surface area (TPSA) is 49.5 Å². The van der Waals surface area contributed by atoms with Crippen LogP contribution in [-0.4, -0.2) is 42.8 Å². The fourth-order valence-electron chi connectivity index (χ4n) is 2.03. The van der Waals surface area contributed by atoms with Crippen molar-refractivity contribution in [2.45, 2.75) is 40.0 Å². The zero-order chi connectivity index (χ0) is 11.7. The molecule has 15 heavy (non-hydrogen) atoms. The molecule has 0 aromatic rings. The van der Waals surface area contributed by atoms with Crippen LogP contribution in [0.5, 0.6) is 0 Å². The summed E-state index contributed by atoms with van der Waals surface area (Å²) in [5.41, 5.74) is 6.09. The molecule has 1 atom stereocenters. The number of nitrogens with two attached hydrogens (primary N) is 1. The third-order valence-corrected chi connectivity index (χ3v) is 3.03. The molecule has 0 fully saturated rings. The molecule has 92 valence electrons. The van der Waals surface area contributed by atoms with Crippen molar-refractivity contribution in [3.63, 3.8) is 0 Å². The molecular formula is C12H28N2O. The molecule has 0 saturated carbocycles. The molecule has 3 heteroatoms. The minimum absolute atomic E-state index is 0.236. The van der Waals surface area contributed by atoms with Gasteiger partial charge in [-0.3, -0.25) is 0 Å². The number of aliphatic hydroxyl groups is 1. The van der Waals surface area contributed by atoms with Crippen molar-refractivity contribution in [1.29, 1.82) is 0 Å². The molecular weight excluding hydrogens is 188 g/mol. The second kappa shape index (κ2) is 8.08. The molecule has 0 aliphatic heterocycles. The van der Waals surface area contributed by atoms with E-state index in [0.717, 1.165) is 32.6 Å². The van der Waals surface area contributed by atoms with Gasteiger partial charge in [0.1, 0.15) is 0 Å². The van der Waals surface area contributed by atoms with Gasteiger partial charge in [-0.2, -0.15) is 0 Å². The molecule has 0 aliphatic rings. The van der Waals surface area contributed by atoms with E-state index in [2.05, 4.69) is 25.7 Å². The Morgan fingerprint density at radius 1 is 1.33 bits per heavy atom. The van der Waals surface area contributed by atoms with E-state index in [1.807, 2.05) is 0 Å². The third kappa shape index (κ3) is 6.13. The molecule has 0 aromatic heterocycles. The average molecular weight is 216 g/mol. The third-order valence-electron chi connectivity index (χ3n) is 3.03. The van der Waals surface area contributed by atoms with Crippen LogP contribution in [0.3, 0.4) is 0 Å². The second-order valence-corrected chi connectivity index (χ2v) is 4.71. The molecule has 0 bridgehead atoms. The van der Waals surface area contributed by atoms with Gasteiger partial charge in [0.25, 0.3) is 0 Å². The Bertz CT molecular complexity index is 153. The van der Waals surface area contributed by atoms with Gasteiger partial charge in [0, 0.05) is 19.7 Å². The summed E-state index contributed by atoms with van der Waals surface area (Å²) < 4.78 is 0. The summed E-state index contributed by atoms with van der Waals surface area (Å²) in [4.78, 5) is 2.39. The Kier molecular flexibility index (Phi) is 8.02. The van der Waals surface area contributed by atoms with E-state index in [0.29, 0.717) is 0 Å². The largest absolute Gasteiger partial charge is 0.396 e. The van der Waals surface area contributed by atoms with Crippen LogP contribution in [0.4, 0.5) is 0 Å². The molecule has 0 aromatic carbocycles. The minimum Gasteiger partial charge on any atom is -0.396 e. The Morgan fingerprint density at radius 3 is 2.40 bits per heavy atom. The SMILES string of the molecule is CCCC(C)(CN)CN(CC)CCCO. The van der Waals surface area contributed by atoms with Gasteiger partial charge in [-0.25, -0.2) is 0 Å². The summed E-state index contributed by atoms with van der Waals surface area (Å²) in [6, 6.07) is 0. The maximum atomic E-state index is 8.82. The van der Waals surface area contributed by atoms with Crippen LogP contribution in [0.1, 0.15) is 40.0 Å². The molecule has 3 nitrogen and oxygen atoms in total. The van der Waals surface area contributed by atoms with Gasteiger partial charge >= 0.3 is 0 Å². The van der Waals surface area contributed by atoms with Gasteiger partial charge in [0.2, 0.25) is 0 Å². The highest BCUT2D eigenvalue weighted by Crippen LogP contribution is 2.23. The van der Waals surface area contributed by atoms with Crippen LogP contribution in [0, 0.1) is 5.41 Å². The van der Waals surface area contributed by atoms with E-state index < -0.39 is 0 Å². The van der Waals surface area contributed by atoms with E-state index in [9.17, 15) is 0 Å². The van der Waals surface area contributed by atoms with Crippen LogP contribution in [0.2, 0.25) is 0 Å². The normalized spacial score (nSPS) is 15.6. The van der Waals surface area contributed by atoms with Crippen molar-refractivity contribution in [3.05, 3.63) is 0 Å². The van der Waals surface area contributed by atoms with Crippen molar-refractivity contribution < 1.29 is 5.11 Å². The maximum Gasteiger partial charge on any atom is 0.0443 e. The van der Waals surface area contributed by atoms with Gasteiger partial charge in [0.05, 0.1) is 0 Å². The van der Waals surface area contributed by atoms with E-state index in [-0.39, 0.29) is 12.0 Å². The quantitative estimate of drug-likeness (QED) is 0.613. The van der Waals surface area contributed by atoms with Crippen LogP contribution in [0.15, 0.2) is 0 Å². The van der Waals surface area contributed by atoms with Crippen molar-refractivity contribution in [1.82, 2.24) is 4.90 Å². The second-order valence-electron chi connectivity index (χ2n) is 4.71. The lowest BCUT2D eigenvalue weighted by Gasteiger charge is -2.34. The van der Waals surface area contributed by atoms with Crippen molar-refractivity contribution >= 4 is 0 Å². The zero-order valence-corrected chi connectivity index (χ0v) is 10.6. The van der Waals surface area contributed by atoms with Crippen LogP contribution in [-0.2, 0) is 0 Å². The summed E-state index contributed by atoms with van der Waals surface area (Å²) >= 11 is 0. The predicted octanol–water partition coefficient (Wildman–Crippen LogP) is 1.46. The molecule has 0 amide bonds. The number of rotatable bonds is 9. The molecule has 3 N–H and O–H groups in total. The van der Waals surface area contributed by atoms with Crippen LogP contribution < -0.4 is 5.73 Å². The van der Waals surface area contributed by atoms with Crippen molar-refractivity contribution in [2.75, 3.05) is 32.8 Å². The fraction of sp³-hybridized carbons (Fsp3) is 1.00. The maximum absolute atomic E-state index is 8.82. The fourth-order valence-corrected chi connectivity index (χ4v) is 2.03. The zero-order valence-electron chi connectivity index (χ0n) is 10.6. The Morgan fingerprint density at radius 2 is 2.00 bits per heavy atom. The summed E-state index contributed by atoms with van der Waals surface area (Å²) in [5, 5.41) is 8.82. The lowest BCUT2D eigenvalue weighted by Crippen LogP contribution is -2.41. The molecule has 1 unspecified atom stereocenters. The smallest absolute Gasteiger partial charge is 0.0443 e. The van der Waals surface area contributed by atoms with Gasteiger partial charge in [-0.1, -0.05) is 27.2 Å². The highest BCUT2D eigenvalue weighted by atomic mass is 16.3. The summed E-state index contributed by atoms with van der Waals surface area (Å²) in [7, 11) is 0. The van der Waals surface area contributed by atoms with Crippen molar-refractivity contribution in [2.24, 2.45) is 11.1 Å². The van der Waals surface area contributed by atoms with Gasteiger partial charge in [-0.15, -0.1) is 0 Å². The van der Waals surface area contributed by atoms with Crippen LogP contribution in [0.25, 0.3) is 0 Å². The first-order chi connectivity index (χ1) is 7.11. The highest BCUT2D eigenvalue weighted by Gasteiger charge is 2.23. The first-order valence-corrected chi connectivity index (χ1v) is 6.15. The first-order valence-electron chi connectivity index (χ1n) is 6.15. The van der Waals surface area contributed by atoms with Crippen LogP contribution >= 0.6 is 0 Å². The summed E-state index contributed by atoms with van der Waals surface area (Å²) in [5.74, 6) is 0. The number of nitrogens with zero attached hydrogens (tertiary/aromatic N) is 1. The molecule has 0 heterocycles. The lowest BCUT2D eigenvalue weighted by molar-refractivity contribution is 0.152. The molecule has 0 radical (unpaired) electrons. The highest BCUT2D eigenvalue weighted by molar-refractivity contribution is 4.78. The van der Waals surface area contributed by atoms with Gasteiger partial charge < -0.3 is 15.7 Å². The van der Waals surface area contributed by atoms with E-state index >= 15 is 0 Å². The Labute approximate surface area is 94.6 Å². The lowest BCUT2D eigenvalue weighted by atomic mass is 9.85. The van der Waals surface area contributed by atoms with Gasteiger partial charge in [-0.05, 0) is 31.3 Å². The monoisotopic (exact) mass is 216 g/mol. The van der Waals surface area contributed by atoms with E-state index in [1.165, 1.54) is 12.8 Å². The molecule has 0 saturated heterocycles. The van der Waals surface area contributed by atoms with Gasteiger partial charge in [0.15, 0.2) is 0 Å². The summed E-state index contributed by atoms with van der Waals surface area (Å²) in [6.45, 7) is 10.7. The molecule has 0 spiro atoms. The number of hydrogen-bond acceptors (Lipinski definition) is 3. The summed E-state index contributed by atoms with van der Waals surface area (Å²) in [6.07, 6.45) is 3.23. The van der Waals surface area contributed by atoms with E-state index in [4.69, 9.17) is 10.8 Å².